The molecule has 23 aromatic carbocycles. The number of hydrogen-bond acceptors (Lipinski definition) is 0. The van der Waals surface area contributed by atoms with Gasteiger partial charge in [-0.15, -0.1) is 0 Å². The van der Waals surface area contributed by atoms with Crippen molar-refractivity contribution in [2.75, 3.05) is 0 Å². The molecule has 122 heavy (non-hydrogen) atoms. The second-order valence-electron chi connectivity index (χ2n) is 34.6. The molecule has 0 nitrogen and oxygen atoms in total. The second-order valence-corrected chi connectivity index (χ2v) is 34.6. The lowest BCUT2D eigenvalue weighted by Gasteiger charge is -2.24. The summed E-state index contributed by atoms with van der Waals surface area (Å²) in [5.41, 5.74) is 30.8. The smallest absolute Gasteiger partial charge is 0.0165 e. The summed E-state index contributed by atoms with van der Waals surface area (Å²) < 4.78 is 0. The van der Waals surface area contributed by atoms with E-state index >= 15 is 0 Å². The molecule has 0 aliphatic heterocycles. The predicted molar refractivity (Wildman–Crippen MR) is 524 cm³/mol. The van der Waals surface area contributed by atoms with E-state index in [-0.39, 0.29) is 10.8 Å². The lowest BCUT2D eigenvalue weighted by Crippen LogP contribution is -2.15. The van der Waals surface area contributed by atoms with Gasteiger partial charge < -0.3 is 0 Å². The highest BCUT2D eigenvalue weighted by Gasteiger charge is 2.42. The highest BCUT2D eigenvalue weighted by molar-refractivity contribution is 6.26. The van der Waals surface area contributed by atoms with Crippen LogP contribution in [-0.2, 0) is 10.8 Å². The molecular formula is C122H82. The van der Waals surface area contributed by atoms with Gasteiger partial charge in [-0.3, -0.25) is 0 Å². The first-order valence-corrected chi connectivity index (χ1v) is 42.9. The molecule has 0 saturated carbocycles. The summed E-state index contributed by atoms with van der Waals surface area (Å²) in [7, 11) is 0. The van der Waals surface area contributed by atoms with E-state index in [4.69, 9.17) is 0 Å². The van der Waals surface area contributed by atoms with E-state index < -0.39 is 0 Å². The molecule has 0 N–H and O–H groups in total. The minimum Gasteiger partial charge on any atom is -0.0616 e. The fraction of sp³-hybridized carbons (Fsp3) is 0.0492. The van der Waals surface area contributed by atoms with Gasteiger partial charge in [0.15, 0.2) is 0 Å². The quantitative estimate of drug-likeness (QED) is 0.105. The van der Waals surface area contributed by atoms with Crippen LogP contribution in [0.5, 0.6) is 0 Å². The van der Waals surface area contributed by atoms with Crippen molar-refractivity contribution in [3.63, 3.8) is 0 Å². The van der Waals surface area contributed by atoms with E-state index in [1.54, 1.807) is 0 Å². The van der Waals surface area contributed by atoms with Crippen molar-refractivity contribution in [1.82, 2.24) is 0 Å². The first kappa shape index (κ1) is 71.1. The van der Waals surface area contributed by atoms with E-state index in [9.17, 15) is 0 Å². The summed E-state index contributed by atoms with van der Waals surface area (Å²) in [5, 5.41) is 28.3. The third-order valence-corrected chi connectivity index (χ3v) is 27.4. The Hall–Kier alpha value is -15.1. The van der Waals surface area contributed by atoms with Crippen molar-refractivity contribution in [2.24, 2.45) is 0 Å². The van der Waals surface area contributed by atoms with Gasteiger partial charge >= 0.3 is 0 Å². The Morgan fingerprint density at radius 1 is 0.131 bits per heavy atom. The highest BCUT2D eigenvalue weighted by atomic mass is 14.4. The molecule has 0 amide bonds. The van der Waals surface area contributed by atoms with E-state index in [1.807, 2.05) is 0 Å². The van der Waals surface area contributed by atoms with Gasteiger partial charge in [0, 0.05) is 10.8 Å². The molecule has 0 bridgehead atoms. The van der Waals surface area contributed by atoms with Crippen LogP contribution >= 0.6 is 0 Å². The van der Waals surface area contributed by atoms with E-state index in [0.717, 1.165) is 0 Å². The molecule has 0 radical (unpaired) electrons. The summed E-state index contributed by atoms with van der Waals surface area (Å²) in [6.07, 6.45) is 0. The molecule has 0 saturated heterocycles. The number of rotatable bonds is 8. The van der Waals surface area contributed by atoms with Crippen LogP contribution in [0.4, 0.5) is 0 Å². The van der Waals surface area contributed by atoms with Gasteiger partial charge in [0.05, 0.1) is 0 Å². The molecule has 0 spiro atoms. The average molecular weight is 1550 g/mol. The van der Waals surface area contributed by atoms with Crippen LogP contribution in [0.3, 0.4) is 0 Å². The Morgan fingerprint density at radius 3 is 0.803 bits per heavy atom. The third kappa shape index (κ3) is 10.9. The van der Waals surface area contributed by atoms with Gasteiger partial charge in [-0.2, -0.15) is 0 Å². The maximum atomic E-state index is 2.45. The molecule has 0 heteroatoms. The molecule has 25 rings (SSSR count). The molecule has 0 fully saturated rings. The second kappa shape index (κ2) is 27.8. The van der Waals surface area contributed by atoms with Gasteiger partial charge in [0.25, 0.3) is 0 Å². The summed E-state index contributed by atoms with van der Waals surface area (Å²) in [6.45, 7) is 9.66. The number of hydrogen-bond donors (Lipinski definition) is 0. The van der Waals surface area contributed by atoms with Crippen LogP contribution in [-0.4, -0.2) is 0 Å². The van der Waals surface area contributed by atoms with Gasteiger partial charge in [-0.25, -0.2) is 0 Å². The zero-order valence-electron chi connectivity index (χ0n) is 68.4. The van der Waals surface area contributed by atoms with Crippen LogP contribution in [0.25, 0.3) is 230 Å². The molecule has 23 aromatic rings. The summed E-state index contributed by atoms with van der Waals surface area (Å²) in [6, 6.07) is 158. The van der Waals surface area contributed by atoms with Crippen molar-refractivity contribution in [2.45, 2.75) is 38.5 Å². The highest BCUT2D eigenvalue weighted by Crippen LogP contribution is 2.60. The van der Waals surface area contributed by atoms with Crippen LogP contribution < -0.4 is 0 Å². The molecule has 0 aromatic heterocycles. The van der Waals surface area contributed by atoms with Gasteiger partial charge in [0.1, 0.15) is 0 Å². The topological polar surface area (TPSA) is 0 Å². The Labute approximate surface area is 710 Å². The fourth-order valence-corrected chi connectivity index (χ4v) is 22.1. The summed E-state index contributed by atoms with van der Waals surface area (Å²) in [4.78, 5) is 0. The molecular weight excluding hydrogens is 1470 g/mol. The normalized spacial score (nSPS) is 13.0. The van der Waals surface area contributed by atoms with E-state index in [0.29, 0.717) is 0 Å². The maximum absolute atomic E-state index is 2.45. The Bertz CT molecular complexity index is 8260. The monoisotopic (exact) mass is 1550 g/mol. The van der Waals surface area contributed by atoms with Gasteiger partial charge in [-0.05, 0) is 282 Å². The van der Waals surface area contributed by atoms with Crippen molar-refractivity contribution in [3.8, 4) is 111 Å². The number of fused-ring (bicyclic) bond motifs is 24. The van der Waals surface area contributed by atoms with Gasteiger partial charge in [-0.1, -0.05) is 422 Å². The molecule has 570 valence electrons. The molecule has 0 unspecified atom stereocenters. The Morgan fingerprint density at radius 2 is 0.402 bits per heavy atom. The van der Waals surface area contributed by atoms with E-state index in [1.165, 1.54) is 252 Å². The molecule has 2 aliphatic rings. The summed E-state index contributed by atoms with van der Waals surface area (Å²) >= 11 is 0. The molecule has 0 atom stereocenters. The first-order chi connectivity index (χ1) is 60.1. The third-order valence-electron chi connectivity index (χ3n) is 27.4. The largest absolute Gasteiger partial charge is 0.0616 e. The van der Waals surface area contributed by atoms with Crippen molar-refractivity contribution >= 4 is 118 Å². The predicted octanol–water partition coefficient (Wildman–Crippen LogP) is 34.0. The van der Waals surface area contributed by atoms with Crippen LogP contribution in [0.1, 0.15) is 49.9 Å². The summed E-state index contributed by atoms with van der Waals surface area (Å²) in [5.74, 6) is 0. The molecule has 2 aliphatic carbocycles. The molecule has 0 heterocycles. The SMILES string of the molecule is CC1(C)c2cccc(-c3cccc(-c4c5ccccc5c(-c5ccc(-c6ccc7ccccc7c6)cc5)c5ccccc45)c3)c2-c2c1c1ccccc1c1ccccc21.CC1(C)c2cccc(-c3cccc(-c4c5ccccc5c(-c5cccc(-c6cc7ccccc7c7ccccc67)c5)c5ccccc45)c3)c2-c2c1c1ccccc1c1ccccc21. The maximum Gasteiger partial charge on any atom is 0.0165 e. The zero-order valence-corrected chi connectivity index (χ0v) is 68.4. The zero-order chi connectivity index (χ0) is 81.1. The lowest BCUT2D eigenvalue weighted by atomic mass is 9.79. The minimum atomic E-state index is -0.164. The first-order valence-electron chi connectivity index (χ1n) is 42.9. The van der Waals surface area contributed by atoms with Crippen molar-refractivity contribution < 1.29 is 0 Å². The van der Waals surface area contributed by atoms with Crippen LogP contribution in [0.15, 0.2) is 425 Å². The minimum absolute atomic E-state index is 0.155. The number of benzene rings is 23. The van der Waals surface area contributed by atoms with E-state index in [2.05, 4.69) is 452 Å². The fourth-order valence-electron chi connectivity index (χ4n) is 22.1. The Balaban J connectivity index is 0.000000138. The van der Waals surface area contributed by atoms with Crippen molar-refractivity contribution in [1.29, 1.82) is 0 Å². The van der Waals surface area contributed by atoms with Crippen LogP contribution in [0, 0.1) is 0 Å². The standard InChI is InChI=1S/C63H42.C59H40/c1-63(2)57-35-17-34-45(60(57)61-50-28-9-7-25-47(50)48-26-8-14-33-55(48)62(61)63)39-19-15-21-42(36-39)58-51-29-10-12-31-53(51)59(54-32-13-11-30-52(54)58)43-22-16-20-40(37-43)56-38-41-18-3-4-23-44(41)46-24-5-6-27-49(46)56;1-59(2)53-28-14-27-44(56(53)57-47-21-7-5-19-45(47)46-20-6-12-26-52(46)58(57)59)42-17-13-18-43(36-42)55-50-24-10-8-22-48(50)54(49-23-9-11-25-51(49)55)39-32-29-38(30-33-39)41-34-31-37-15-3-4-16-40(37)35-41/h3-38H,1-2H3;3-36H,1-2H3. The average Bonchev–Trinajstić information content (AvgIpc) is 1.46. The van der Waals surface area contributed by atoms with Crippen LogP contribution in [0.2, 0.25) is 0 Å². The lowest BCUT2D eigenvalue weighted by molar-refractivity contribution is 0.666. The van der Waals surface area contributed by atoms with Crippen molar-refractivity contribution in [3.05, 3.63) is 447 Å². The van der Waals surface area contributed by atoms with Gasteiger partial charge in [0.2, 0.25) is 0 Å². The Kier molecular flexibility index (Phi) is 16.2.